The Kier molecular flexibility index (Phi) is 3.96. The maximum absolute atomic E-state index is 12.8. The van der Waals surface area contributed by atoms with E-state index in [2.05, 4.69) is 35.0 Å². The molecule has 6 rings (SSSR count). The van der Waals surface area contributed by atoms with Crippen LogP contribution in [0.25, 0.3) is 27.9 Å². The predicted molar refractivity (Wildman–Crippen MR) is 118 cm³/mol. The molecular weight excluding hydrogens is 376 g/mol. The molecule has 1 aliphatic carbocycles. The SMILES string of the molecule is CN1CCN(c2ccc3cc(-c4cn5cccc(C6CC6)c5n4)c(=O)oc3c2)CC1. The van der Waals surface area contributed by atoms with Gasteiger partial charge in [-0.3, -0.25) is 0 Å². The second kappa shape index (κ2) is 6.71. The van der Waals surface area contributed by atoms with Gasteiger partial charge in [0.25, 0.3) is 0 Å². The van der Waals surface area contributed by atoms with Crippen LogP contribution in [0.15, 0.2) is 58.0 Å². The van der Waals surface area contributed by atoms with Gasteiger partial charge in [-0.25, -0.2) is 9.78 Å². The van der Waals surface area contributed by atoms with Crippen molar-refractivity contribution < 1.29 is 4.42 Å². The molecule has 0 N–H and O–H groups in total. The highest BCUT2D eigenvalue weighted by Crippen LogP contribution is 2.41. The summed E-state index contributed by atoms with van der Waals surface area (Å²) < 4.78 is 7.76. The number of nitrogens with zero attached hydrogens (tertiary/aromatic N) is 4. The Morgan fingerprint density at radius 3 is 2.70 bits per heavy atom. The van der Waals surface area contributed by atoms with E-state index >= 15 is 0 Å². The number of piperazine rings is 1. The lowest BCUT2D eigenvalue weighted by molar-refractivity contribution is 0.313. The minimum Gasteiger partial charge on any atom is -0.422 e. The zero-order valence-electron chi connectivity index (χ0n) is 17.0. The van der Waals surface area contributed by atoms with Gasteiger partial charge in [0.05, 0.1) is 11.3 Å². The molecule has 2 aliphatic rings. The molecular formula is C24H24N4O2. The molecule has 4 aromatic rings. The van der Waals surface area contributed by atoms with Crippen LogP contribution >= 0.6 is 0 Å². The second-order valence-electron chi connectivity index (χ2n) is 8.55. The molecule has 0 amide bonds. The van der Waals surface area contributed by atoms with Gasteiger partial charge in [-0.05, 0) is 55.6 Å². The molecule has 1 saturated carbocycles. The highest BCUT2D eigenvalue weighted by Gasteiger charge is 2.26. The molecule has 0 unspecified atom stereocenters. The maximum atomic E-state index is 12.8. The van der Waals surface area contributed by atoms with Gasteiger partial charge in [0.15, 0.2) is 0 Å². The van der Waals surface area contributed by atoms with E-state index in [0.29, 0.717) is 22.8 Å². The average Bonchev–Trinajstić information content (AvgIpc) is 3.51. The minimum atomic E-state index is -0.339. The van der Waals surface area contributed by atoms with Gasteiger partial charge < -0.3 is 18.6 Å². The first kappa shape index (κ1) is 17.7. The number of likely N-dealkylation sites (N-methyl/N-ethyl adjacent to an activating group) is 1. The van der Waals surface area contributed by atoms with Gasteiger partial charge in [0, 0.05) is 55.7 Å². The predicted octanol–water partition coefficient (Wildman–Crippen LogP) is 3.74. The molecule has 30 heavy (non-hydrogen) atoms. The summed E-state index contributed by atoms with van der Waals surface area (Å²) in [5.41, 5.74) is 4.79. The van der Waals surface area contributed by atoms with Crippen LogP contribution in [0, 0.1) is 0 Å². The van der Waals surface area contributed by atoms with E-state index in [0.717, 1.165) is 42.9 Å². The minimum absolute atomic E-state index is 0.339. The quantitative estimate of drug-likeness (QED) is 0.491. The Morgan fingerprint density at radius 1 is 1.07 bits per heavy atom. The van der Waals surface area contributed by atoms with Gasteiger partial charge >= 0.3 is 5.63 Å². The molecule has 0 spiro atoms. The summed E-state index contributed by atoms with van der Waals surface area (Å²) in [5, 5.41) is 0.918. The van der Waals surface area contributed by atoms with Crippen molar-refractivity contribution in [3.8, 4) is 11.3 Å². The van der Waals surface area contributed by atoms with Gasteiger partial charge in [-0.2, -0.15) is 0 Å². The molecule has 1 saturated heterocycles. The van der Waals surface area contributed by atoms with Crippen LogP contribution in [0.2, 0.25) is 0 Å². The first-order valence-corrected chi connectivity index (χ1v) is 10.6. The highest BCUT2D eigenvalue weighted by molar-refractivity contribution is 5.84. The highest BCUT2D eigenvalue weighted by atomic mass is 16.4. The fourth-order valence-corrected chi connectivity index (χ4v) is 4.42. The van der Waals surface area contributed by atoms with Gasteiger partial charge in [0.2, 0.25) is 0 Å². The van der Waals surface area contributed by atoms with Crippen LogP contribution in [0.5, 0.6) is 0 Å². The van der Waals surface area contributed by atoms with E-state index in [4.69, 9.17) is 9.40 Å². The molecule has 6 nitrogen and oxygen atoms in total. The fourth-order valence-electron chi connectivity index (χ4n) is 4.42. The third kappa shape index (κ3) is 2.99. The van der Waals surface area contributed by atoms with E-state index < -0.39 is 0 Å². The maximum Gasteiger partial charge on any atom is 0.345 e. The lowest BCUT2D eigenvalue weighted by Crippen LogP contribution is -2.44. The number of pyridine rings is 1. The van der Waals surface area contributed by atoms with Crippen molar-refractivity contribution in [3.05, 3.63) is 64.8 Å². The van der Waals surface area contributed by atoms with Crippen molar-refractivity contribution in [2.24, 2.45) is 0 Å². The standard InChI is InChI=1S/C24H24N4O2/c1-26-9-11-27(12-10-26)18-7-6-17-13-20(24(29)30-22(17)14-18)21-15-28-8-2-3-19(16-4-5-16)23(28)25-21/h2-3,6-8,13-16H,4-5,9-12H2,1H3. The summed E-state index contributed by atoms with van der Waals surface area (Å²) in [4.78, 5) is 22.3. The lowest BCUT2D eigenvalue weighted by atomic mass is 10.1. The molecule has 0 bridgehead atoms. The second-order valence-corrected chi connectivity index (χ2v) is 8.55. The van der Waals surface area contributed by atoms with Crippen LogP contribution in [0.4, 0.5) is 5.69 Å². The summed E-state index contributed by atoms with van der Waals surface area (Å²) in [6, 6.07) is 12.3. The summed E-state index contributed by atoms with van der Waals surface area (Å²) >= 11 is 0. The first-order chi connectivity index (χ1) is 14.7. The molecule has 4 heterocycles. The van der Waals surface area contributed by atoms with Gasteiger partial charge in [0.1, 0.15) is 11.2 Å². The largest absolute Gasteiger partial charge is 0.422 e. The summed E-state index contributed by atoms with van der Waals surface area (Å²) in [6.07, 6.45) is 6.35. The smallest absolute Gasteiger partial charge is 0.345 e. The van der Waals surface area contributed by atoms with Crippen molar-refractivity contribution in [2.45, 2.75) is 18.8 Å². The Morgan fingerprint density at radius 2 is 1.90 bits per heavy atom. The van der Waals surface area contributed by atoms with Crippen LogP contribution < -0.4 is 10.5 Å². The van der Waals surface area contributed by atoms with Gasteiger partial charge in [-0.15, -0.1) is 0 Å². The van der Waals surface area contributed by atoms with Crippen LogP contribution in [-0.2, 0) is 0 Å². The Hall–Kier alpha value is -3.12. The molecule has 0 atom stereocenters. The number of hydrogen-bond acceptors (Lipinski definition) is 5. The summed E-state index contributed by atoms with van der Waals surface area (Å²) in [7, 11) is 2.14. The normalized spacial score (nSPS) is 17.8. The number of rotatable bonds is 3. The van der Waals surface area contributed by atoms with Gasteiger partial charge in [-0.1, -0.05) is 6.07 Å². The van der Waals surface area contributed by atoms with Crippen molar-refractivity contribution in [1.29, 1.82) is 0 Å². The van der Waals surface area contributed by atoms with Crippen LogP contribution in [0.1, 0.15) is 24.3 Å². The fraction of sp³-hybridized carbons (Fsp3) is 0.333. The van der Waals surface area contributed by atoms with E-state index in [1.54, 1.807) is 0 Å². The number of fused-ring (bicyclic) bond motifs is 2. The summed E-state index contributed by atoms with van der Waals surface area (Å²) in [5.74, 6) is 0.602. The first-order valence-electron chi connectivity index (χ1n) is 10.6. The molecule has 152 valence electrons. The number of benzene rings is 1. The summed E-state index contributed by atoms with van der Waals surface area (Å²) in [6.45, 7) is 4.04. The molecule has 1 aliphatic heterocycles. The molecule has 3 aromatic heterocycles. The van der Waals surface area contributed by atoms with Crippen LogP contribution in [0.3, 0.4) is 0 Å². The molecule has 1 aromatic carbocycles. The third-order valence-corrected chi connectivity index (χ3v) is 6.39. The molecule has 6 heteroatoms. The zero-order valence-corrected chi connectivity index (χ0v) is 17.0. The Bertz CT molecular complexity index is 1310. The van der Waals surface area contributed by atoms with E-state index in [1.807, 2.05) is 35.0 Å². The van der Waals surface area contributed by atoms with Crippen molar-refractivity contribution >= 4 is 22.3 Å². The van der Waals surface area contributed by atoms with Crippen molar-refractivity contribution in [2.75, 3.05) is 38.1 Å². The Labute approximate surface area is 174 Å². The topological polar surface area (TPSA) is 54.0 Å². The third-order valence-electron chi connectivity index (χ3n) is 6.39. The molecule has 0 radical (unpaired) electrons. The van der Waals surface area contributed by atoms with Crippen molar-refractivity contribution in [3.63, 3.8) is 0 Å². The monoisotopic (exact) mass is 400 g/mol. The van der Waals surface area contributed by atoms with E-state index in [9.17, 15) is 4.79 Å². The lowest BCUT2D eigenvalue weighted by Gasteiger charge is -2.34. The van der Waals surface area contributed by atoms with Crippen molar-refractivity contribution in [1.82, 2.24) is 14.3 Å². The number of aromatic nitrogens is 2. The van der Waals surface area contributed by atoms with E-state index in [1.165, 1.54) is 18.4 Å². The molecule has 2 fully saturated rings. The number of imidazole rings is 1. The average molecular weight is 400 g/mol. The zero-order chi connectivity index (χ0) is 20.2. The Balaban J connectivity index is 1.40. The van der Waals surface area contributed by atoms with E-state index in [-0.39, 0.29) is 5.63 Å². The number of anilines is 1. The number of hydrogen-bond donors (Lipinski definition) is 0. The van der Waals surface area contributed by atoms with Crippen LogP contribution in [-0.4, -0.2) is 47.5 Å².